The fourth-order valence-corrected chi connectivity index (χ4v) is 2.89. The molecule has 0 aliphatic rings. The molecule has 0 amide bonds. The van der Waals surface area contributed by atoms with Gasteiger partial charge in [0, 0.05) is 18.4 Å². The second-order valence-corrected chi connectivity index (χ2v) is 5.94. The number of anilines is 1. The quantitative estimate of drug-likeness (QED) is 0.524. The lowest BCUT2D eigenvalue weighted by atomic mass is 10.2. The Bertz CT molecular complexity index is 1060. The standard InChI is InChI=1S/C18H15ClN6.ClH/c19-15-8-7-14-18(24-15)25(12-5-3-11(10-20)4-6-12)17(23-14)13-2-1-9-22-16(13)21;/h1-9H,10,20H2,(H2,21,22);1H. The number of nitrogens with two attached hydrogens (primary N) is 2. The molecule has 0 aliphatic heterocycles. The van der Waals surface area contributed by atoms with Crippen molar-refractivity contribution in [1.29, 1.82) is 0 Å². The van der Waals surface area contributed by atoms with Crippen molar-refractivity contribution in [2.75, 3.05) is 5.73 Å². The minimum absolute atomic E-state index is 0. The molecule has 4 N–H and O–H groups in total. The number of halogens is 2. The minimum atomic E-state index is 0. The lowest BCUT2D eigenvalue weighted by Crippen LogP contribution is -2.03. The maximum atomic E-state index is 6.11. The van der Waals surface area contributed by atoms with Gasteiger partial charge in [-0.1, -0.05) is 23.7 Å². The molecule has 6 nitrogen and oxygen atoms in total. The van der Waals surface area contributed by atoms with Crippen LogP contribution in [0.4, 0.5) is 5.82 Å². The Morgan fingerprint density at radius 1 is 1.00 bits per heavy atom. The number of imidazole rings is 1. The van der Waals surface area contributed by atoms with Crippen LogP contribution in [0.25, 0.3) is 28.2 Å². The van der Waals surface area contributed by atoms with Crippen LogP contribution < -0.4 is 11.5 Å². The molecule has 0 atom stereocenters. The van der Waals surface area contributed by atoms with Crippen molar-refractivity contribution in [3.8, 4) is 17.1 Å². The number of fused-ring (bicyclic) bond motifs is 1. The zero-order valence-corrected chi connectivity index (χ0v) is 15.2. The summed E-state index contributed by atoms with van der Waals surface area (Å²) in [4.78, 5) is 13.3. The fourth-order valence-electron chi connectivity index (χ4n) is 2.75. The SMILES string of the molecule is Cl.NCc1ccc(-n2c(-c3cccnc3N)nc3ccc(Cl)nc32)cc1. The summed E-state index contributed by atoms with van der Waals surface area (Å²) in [5, 5.41) is 0.401. The second-order valence-electron chi connectivity index (χ2n) is 5.55. The molecule has 4 aromatic rings. The van der Waals surface area contributed by atoms with Gasteiger partial charge in [0.15, 0.2) is 11.5 Å². The van der Waals surface area contributed by atoms with E-state index in [1.165, 1.54) is 0 Å². The van der Waals surface area contributed by atoms with Gasteiger partial charge >= 0.3 is 0 Å². The molecule has 0 aliphatic carbocycles. The molecule has 0 saturated carbocycles. The number of hydrogen-bond donors (Lipinski definition) is 2. The zero-order chi connectivity index (χ0) is 17.4. The molecule has 4 rings (SSSR count). The Kier molecular flexibility index (Phi) is 5.08. The first-order valence-electron chi connectivity index (χ1n) is 7.72. The number of rotatable bonds is 3. The molecule has 8 heteroatoms. The maximum absolute atomic E-state index is 6.11. The molecule has 0 saturated heterocycles. The molecule has 132 valence electrons. The van der Waals surface area contributed by atoms with Crippen LogP contribution in [0.2, 0.25) is 5.15 Å². The Morgan fingerprint density at radius 2 is 1.77 bits per heavy atom. The normalized spacial score (nSPS) is 10.7. The van der Waals surface area contributed by atoms with Crippen molar-refractivity contribution in [2.45, 2.75) is 6.54 Å². The van der Waals surface area contributed by atoms with Crippen LogP contribution >= 0.6 is 24.0 Å². The summed E-state index contributed by atoms with van der Waals surface area (Å²) < 4.78 is 1.93. The van der Waals surface area contributed by atoms with Gasteiger partial charge in [-0.25, -0.2) is 15.0 Å². The van der Waals surface area contributed by atoms with E-state index >= 15 is 0 Å². The van der Waals surface area contributed by atoms with Gasteiger partial charge in [0.1, 0.15) is 16.5 Å². The van der Waals surface area contributed by atoms with Gasteiger partial charge in [0.2, 0.25) is 0 Å². The first-order chi connectivity index (χ1) is 12.2. The highest BCUT2D eigenvalue weighted by molar-refractivity contribution is 6.29. The summed E-state index contributed by atoms with van der Waals surface area (Å²) in [6.07, 6.45) is 1.65. The van der Waals surface area contributed by atoms with Gasteiger partial charge in [-0.2, -0.15) is 0 Å². The van der Waals surface area contributed by atoms with E-state index in [1.54, 1.807) is 12.3 Å². The molecular formula is C18H16Cl2N6. The molecule has 1 aromatic carbocycles. The van der Waals surface area contributed by atoms with E-state index in [0.29, 0.717) is 29.0 Å². The lowest BCUT2D eigenvalue weighted by Gasteiger charge is -2.10. The summed E-state index contributed by atoms with van der Waals surface area (Å²) in [5.41, 5.74) is 15.8. The molecule has 0 radical (unpaired) electrons. The summed E-state index contributed by atoms with van der Waals surface area (Å²) >= 11 is 6.11. The fraction of sp³-hybridized carbons (Fsp3) is 0.0556. The largest absolute Gasteiger partial charge is 0.383 e. The molecular weight excluding hydrogens is 371 g/mol. The third kappa shape index (κ3) is 3.10. The molecule has 3 heterocycles. The Morgan fingerprint density at radius 3 is 2.46 bits per heavy atom. The highest BCUT2D eigenvalue weighted by Gasteiger charge is 2.18. The van der Waals surface area contributed by atoms with Gasteiger partial charge in [0.25, 0.3) is 0 Å². The van der Waals surface area contributed by atoms with Gasteiger partial charge < -0.3 is 11.5 Å². The summed E-state index contributed by atoms with van der Waals surface area (Å²) in [6.45, 7) is 0.484. The average Bonchev–Trinajstić information content (AvgIpc) is 3.00. The molecule has 3 aromatic heterocycles. The second kappa shape index (κ2) is 7.29. The lowest BCUT2D eigenvalue weighted by molar-refractivity contribution is 1.05. The van der Waals surface area contributed by atoms with Gasteiger partial charge in [-0.3, -0.25) is 4.57 Å². The predicted octanol–water partition coefficient (Wildman–Crippen LogP) is 3.60. The van der Waals surface area contributed by atoms with Gasteiger partial charge in [0.05, 0.1) is 5.56 Å². The number of aromatic nitrogens is 4. The van der Waals surface area contributed by atoms with E-state index in [2.05, 4.69) is 9.97 Å². The number of hydrogen-bond acceptors (Lipinski definition) is 5. The van der Waals surface area contributed by atoms with Crippen molar-refractivity contribution in [3.05, 3.63) is 65.4 Å². The van der Waals surface area contributed by atoms with E-state index in [9.17, 15) is 0 Å². The molecule has 26 heavy (non-hydrogen) atoms. The summed E-state index contributed by atoms with van der Waals surface area (Å²) in [6, 6.07) is 15.2. The third-order valence-electron chi connectivity index (χ3n) is 3.98. The van der Waals surface area contributed by atoms with Crippen LogP contribution in [0, 0.1) is 0 Å². The topological polar surface area (TPSA) is 95.6 Å². The van der Waals surface area contributed by atoms with E-state index in [4.69, 9.17) is 28.1 Å². The Labute approximate surface area is 161 Å². The van der Waals surface area contributed by atoms with Gasteiger partial charge in [-0.05, 0) is 42.0 Å². The van der Waals surface area contributed by atoms with Crippen molar-refractivity contribution >= 4 is 41.0 Å². The van der Waals surface area contributed by atoms with E-state index in [1.807, 2.05) is 47.0 Å². The monoisotopic (exact) mass is 386 g/mol. The summed E-state index contributed by atoms with van der Waals surface area (Å²) in [5.74, 6) is 1.07. The van der Waals surface area contributed by atoms with E-state index < -0.39 is 0 Å². The average molecular weight is 387 g/mol. The molecule has 0 unspecified atom stereocenters. The molecule has 0 fully saturated rings. The molecule has 0 spiro atoms. The van der Waals surface area contributed by atoms with Crippen molar-refractivity contribution in [2.24, 2.45) is 5.73 Å². The molecule has 0 bridgehead atoms. The van der Waals surface area contributed by atoms with Crippen molar-refractivity contribution in [3.63, 3.8) is 0 Å². The van der Waals surface area contributed by atoms with Crippen LogP contribution in [-0.4, -0.2) is 19.5 Å². The van der Waals surface area contributed by atoms with Crippen molar-refractivity contribution in [1.82, 2.24) is 19.5 Å². The smallest absolute Gasteiger partial charge is 0.166 e. The highest BCUT2D eigenvalue weighted by atomic mass is 35.5. The first kappa shape index (κ1) is 18.1. The van der Waals surface area contributed by atoms with Crippen LogP contribution in [0.5, 0.6) is 0 Å². The third-order valence-corrected chi connectivity index (χ3v) is 4.19. The zero-order valence-electron chi connectivity index (χ0n) is 13.6. The van der Waals surface area contributed by atoms with Crippen molar-refractivity contribution < 1.29 is 0 Å². The Hall–Kier alpha value is -2.67. The van der Waals surface area contributed by atoms with Gasteiger partial charge in [-0.15, -0.1) is 12.4 Å². The van der Waals surface area contributed by atoms with Crippen LogP contribution in [0.3, 0.4) is 0 Å². The van der Waals surface area contributed by atoms with Crippen LogP contribution in [0.1, 0.15) is 5.56 Å². The predicted molar refractivity (Wildman–Crippen MR) is 107 cm³/mol. The van der Waals surface area contributed by atoms with E-state index in [0.717, 1.165) is 22.3 Å². The maximum Gasteiger partial charge on any atom is 0.166 e. The van der Waals surface area contributed by atoms with E-state index in [-0.39, 0.29) is 12.4 Å². The minimum Gasteiger partial charge on any atom is -0.383 e. The summed E-state index contributed by atoms with van der Waals surface area (Å²) in [7, 11) is 0. The number of benzene rings is 1. The van der Waals surface area contributed by atoms with Crippen LogP contribution in [0.15, 0.2) is 54.7 Å². The van der Waals surface area contributed by atoms with Crippen LogP contribution in [-0.2, 0) is 6.54 Å². The Balaban J connectivity index is 0.00000196. The highest BCUT2D eigenvalue weighted by Crippen LogP contribution is 2.30. The number of pyridine rings is 2. The first-order valence-corrected chi connectivity index (χ1v) is 8.10. The number of nitrogens with zero attached hydrogens (tertiary/aromatic N) is 4. The number of nitrogen functional groups attached to an aromatic ring is 1.